The number of para-hydroxylation sites is 1. The molecule has 6 heteroatoms. The molecule has 23 heavy (non-hydrogen) atoms. The topological polar surface area (TPSA) is 82.9 Å². The molecule has 0 unspecified atom stereocenters. The van der Waals surface area contributed by atoms with E-state index in [0.717, 1.165) is 16.6 Å². The summed E-state index contributed by atoms with van der Waals surface area (Å²) in [5.74, 6) is 0. The molecule has 0 spiro atoms. The lowest BCUT2D eigenvalue weighted by atomic mass is 10.1. The molecule has 0 saturated carbocycles. The van der Waals surface area contributed by atoms with Crippen molar-refractivity contribution < 1.29 is 8.42 Å². The lowest BCUT2D eigenvalue weighted by Crippen LogP contribution is -2.29. The van der Waals surface area contributed by atoms with Gasteiger partial charge in [0.2, 0.25) is 0 Å². The molecule has 2 rings (SSSR count). The summed E-state index contributed by atoms with van der Waals surface area (Å²) in [4.78, 5) is 4.14. The number of hydrogen-bond donors (Lipinski definition) is 1. The van der Waals surface area contributed by atoms with Crippen molar-refractivity contribution in [3.63, 3.8) is 0 Å². The van der Waals surface area contributed by atoms with Gasteiger partial charge >= 0.3 is 0 Å². The molecule has 1 aromatic heterocycles. The van der Waals surface area contributed by atoms with E-state index in [1.807, 2.05) is 37.3 Å². The maximum Gasteiger partial charge on any atom is 0.194 e. The van der Waals surface area contributed by atoms with Crippen molar-refractivity contribution in [3.8, 4) is 6.07 Å². The van der Waals surface area contributed by atoms with E-state index in [1.54, 1.807) is 26.8 Å². The van der Waals surface area contributed by atoms with Crippen molar-refractivity contribution in [3.05, 3.63) is 47.1 Å². The maximum absolute atomic E-state index is 12.4. The van der Waals surface area contributed by atoms with Crippen molar-refractivity contribution >= 4 is 26.4 Å². The fourth-order valence-corrected chi connectivity index (χ4v) is 3.06. The lowest BCUT2D eigenvalue weighted by Gasteiger charge is -2.18. The Kier molecular flexibility index (Phi) is 4.44. The number of anilines is 1. The molecule has 0 bridgehead atoms. The number of nitrogens with zero attached hydrogens (tertiary/aromatic N) is 2. The summed E-state index contributed by atoms with van der Waals surface area (Å²) in [6.07, 6.45) is 1.25. The predicted octanol–water partition coefficient (Wildman–Crippen LogP) is 3.53. The number of nitrogens with one attached hydrogen (secondary N) is 1. The normalized spacial score (nSPS) is 12.9. The molecule has 1 aromatic carbocycles. The molecule has 1 heterocycles. The Hall–Kier alpha value is -2.39. The first-order valence-electron chi connectivity index (χ1n) is 7.14. The number of benzene rings is 1. The minimum absolute atomic E-state index is 0.288. The summed E-state index contributed by atoms with van der Waals surface area (Å²) in [5.41, 5.74) is 2.32. The lowest BCUT2D eigenvalue weighted by molar-refractivity contribution is 0.568. The van der Waals surface area contributed by atoms with Crippen molar-refractivity contribution in [2.24, 2.45) is 0 Å². The SMILES string of the molecule is Cc1cc(N/C=C(\C#N)S(=O)(=O)C(C)(C)C)c2ccccc2n1. The molecule has 0 aliphatic heterocycles. The van der Waals surface area contributed by atoms with Crippen LogP contribution in [0.5, 0.6) is 0 Å². The summed E-state index contributed by atoms with van der Waals surface area (Å²) in [5, 5.41) is 13.0. The second-order valence-corrected chi connectivity index (χ2v) is 8.88. The zero-order valence-electron chi connectivity index (χ0n) is 13.6. The minimum atomic E-state index is -3.70. The van der Waals surface area contributed by atoms with Crippen LogP contribution in [-0.4, -0.2) is 18.1 Å². The van der Waals surface area contributed by atoms with Crippen molar-refractivity contribution in [2.45, 2.75) is 32.4 Å². The van der Waals surface area contributed by atoms with Crippen LogP contribution in [0.3, 0.4) is 0 Å². The molecular formula is C17H19N3O2S. The zero-order valence-corrected chi connectivity index (χ0v) is 14.4. The van der Waals surface area contributed by atoms with Crippen LogP contribution in [0.15, 0.2) is 41.4 Å². The number of nitriles is 1. The average Bonchev–Trinajstić information content (AvgIpc) is 2.46. The Morgan fingerprint density at radius 1 is 1.30 bits per heavy atom. The van der Waals surface area contributed by atoms with Crippen LogP contribution in [0.25, 0.3) is 10.9 Å². The fourth-order valence-electron chi connectivity index (χ4n) is 2.07. The molecule has 2 aromatic rings. The molecule has 0 radical (unpaired) electrons. The van der Waals surface area contributed by atoms with E-state index in [4.69, 9.17) is 0 Å². The van der Waals surface area contributed by atoms with E-state index in [-0.39, 0.29) is 4.91 Å². The first-order valence-corrected chi connectivity index (χ1v) is 8.63. The minimum Gasteiger partial charge on any atom is -0.359 e. The Balaban J connectivity index is 2.49. The summed E-state index contributed by atoms with van der Waals surface area (Å²) in [6.45, 7) is 6.57. The molecule has 0 fully saturated rings. The van der Waals surface area contributed by atoms with E-state index in [9.17, 15) is 13.7 Å². The fraction of sp³-hybridized carbons (Fsp3) is 0.294. The van der Waals surface area contributed by atoms with Gasteiger partial charge in [-0.25, -0.2) is 8.42 Å². The number of aryl methyl sites for hydroxylation is 1. The monoisotopic (exact) mass is 329 g/mol. The molecule has 1 N–H and O–H groups in total. The number of sulfone groups is 1. The smallest absolute Gasteiger partial charge is 0.194 e. The van der Waals surface area contributed by atoms with Crippen LogP contribution in [0.1, 0.15) is 26.5 Å². The third kappa shape index (κ3) is 3.35. The van der Waals surface area contributed by atoms with Gasteiger partial charge in [0.15, 0.2) is 14.7 Å². The standard InChI is InChI=1S/C17H19N3O2S/c1-12-9-16(14-7-5-6-8-15(14)20-12)19-11-13(10-18)23(21,22)17(2,3)4/h5-9,11H,1-4H3,(H,19,20)/b13-11+. The number of aromatic nitrogens is 1. The highest BCUT2D eigenvalue weighted by Crippen LogP contribution is 2.26. The second-order valence-electron chi connectivity index (χ2n) is 6.21. The van der Waals surface area contributed by atoms with Gasteiger partial charge in [0, 0.05) is 23.0 Å². The average molecular weight is 329 g/mol. The van der Waals surface area contributed by atoms with E-state index >= 15 is 0 Å². The molecule has 0 atom stereocenters. The van der Waals surface area contributed by atoms with Crippen molar-refractivity contribution in [1.29, 1.82) is 5.26 Å². The van der Waals surface area contributed by atoms with Crippen molar-refractivity contribution in [2.75, 3.05) is 5.32 Å². The Morgan fingerprint density at radius 3 is 2.57 bits per heavy atom. The molecule has 0 amide bonds. The van der Waals surface area contributed by atoms with Crippen molar-refractivity contribution in [1.82, 2.24) is 4.98 Å². The van der Waals surface area contributed by atoms with Gasteiger partial charge in [-0.1, -0.05) is 18.2 Å². The van der Waals surface area contributed by atoms with E-state index in [1.165, 1.54) is 6.20 Å². The highest BCUT2D eigenvalue weighted by atomic mass is 32.2. The Morgan fingerprint density at radius 2 is 1.96 bits per heavy atom. The number of rotatable bonds is 3. The molecule has 0 aliphatic carbocycles. The molecule has 120 valence electrons. The van der Waals surface area contributed by atoms with Crippen LogP contribution in [0, 0.1) is 18.3 Å². The third-order valence-corrected chi connectivity index (χ3v) is 5.81. The van der Waals surface area contributed by atoms with Gasteiger partial charge < -0.3 is 5.32 Å². The molecule has 0 aliphatic rings. The van der Waals surface area contributed by atoms with Crippen LogP contribution in [0.2, 0.25) is 0 Å². The van der Waals surface area contributed by atoms with Gasteiger partial charge in [-0.3, -0.25) is 4.98 Å². The molecular weight excluding hydrogens is 310 g/mol. The first-order chi connectivity index (χ1) is 10.7. The van der Waals surface area contributed by atoms with Gasteiger partial charge in [-0.05, 0) is 39.8 Å². The van der Waals surface area contributed by atoms with Gasteiger partial charge in [-0.2, -0.15) is 5.26 Å². The highest BCUT2D eigenvalue weighted by molar-refractivity contribution is 7.96. The van der Waals surface area contributed by atoms with Gasteiger partial charge in [0.1, 0.15) is 6.07 Å². The summed E-state index contributed by atoms with van der Waals surface area (Å²) < 4.78 is 23.7. The largest absolute Gasteiger partial charge is 0.359 e. The van der Waals surface area contributed by atoms with Crippen LogP contribution in [0.4, 0.5) is 5.69 Å². The van der Waals surface area contributed by atoms with Gasteiger partial charge in [0.25, 0.3) is 0 Å². The Labute approximate surface area is 136 Å². The number of fused-ring (bicyclic) bond motifs is 1. The van der Waals surface area contributed by atoms with Crippen LogP contribution >= 0.6 is 0 Å². The highest BCUT2D eigenvalue weighted by Gasteiger charge is 2.33. The summed E-state index contributed by atoms with van der Waals surface area (Å²) in [7, 11) is -3.70. The quantitative estimate of drug-likeness (QED) is 0.871. The van der Waals surface area contributed by atoms with Crippen LogP contribution in [-0.2, 0) is 9.84 Å². The molecule has 0 saturated heterocycles. The summed E-state index contributed by atoms with van der Waals surface area (Å²) >= 11 is 0. The van der Waals surface area contributed by atoms with Gasteiger partial charge in [0.05, 0.1) is 10.3 Å². The number of pyridine rings is 1. The van der Waals surface area contributed by atoms with E-state index < -0.39 is 14.6 Å². The maximum atomic E-state index is 12.4. The zero-order chi connectivity index (χ0) is 17.3. The van der Waals surface area contributed by atoms with Crippen LogP contribution < -0.4 is 5.32 Å². The third-order valence-electron chi connectivity index (χ3n) is 3.41. The number of hydrogen-bond acceptors (Lipinski definition) is 5. The second kappa shape index (κ2) is 6.01. The van der Waals surface area contributed by atoms with Gasteiger partial charge in [-0.15, -0.1) is 0 Å². The Bertz CT molecular complexity index is 917. The van der Waals surface area contributed by atoms with E-state index in [2.05, 4.69) is 10.3 Å². The summed E-state index contributed by atoms with van der Waals surface area (Å²) in [6, 6.07) is 11.1. The molecule has 5 nitrogen and oxygen atoms in total. The predicted molar refractivity (Wildman–Crippen MR) is 92.5 cm³/mol. The van der Waals surface area contributed by atoms with E-state index in [0.29, 0.717) is 5.69 Å². The number of allylic oxidation sites excluding steroid dienone is 1. The first kappa shape index (κ1) is 17.0.